The average Bonchev–Trinajstić information content (AvgIpc) is 2.87. The fraction of sp³-hybridized carbons (Fsp3) is 0.120. The SMILES string of the molecule is COC(=O)c1cc(OC)c(OC)cc1NC(=O)c1cc(-c2cccnc2)nc2ccc(Cl)cc12. The Morgan fingerprint density at radius 2 is 1.71 bits per heavy atom. The summed E-state index contributed by atoms with van der Waals surface area (Å²) in [6.07, 6.45) is 3.32. The van der Waals surface area contributed by atoms with E-state index in [9.17, 15) is 9.59 Å². The van der Waals surface area contributed by atoms with Crippen LogP contribution in [0.15, 0.2) is 60.9 Å². The molecule has 1 N–H and O–H groups in total. The van der Waals surface area contributed by atoms with Crippen LogP contribution in [0.25, 0.3) is 22.2 Å². The van der Waals surface area contributed by atoms with E-state index in [0.29, 0.717) is 38.7 Å². The second kappa shape index (κ2) is 9.76. The van der Waals surface area contributed by atoms with Gasteiger partial charge in [0.15, 0.2) is 11.5 Å². The first-order chi connectivity index (χ1) is 16.4. The number of fused-ring (bicyclic) bond motifs is 1. The van der Waals surface area contributed by atoms with E-state index >= 15 is 0 Å². The van der Waals surface area contributed by atoms with Crippen molar-refractivity contribution < 1.29 is 23.8 Å². The van der Waals surface area contributed by atoms with Gasteiger partial charge in [-0.1, -0.05) is 11.6 Å². The predicted molar refractivity (Wildman–Crippen MR) is 129 cm³/mol. The van der Waals surface area contributed by atoms with E-state index in [1.165, 1.54) is 33.5 Å². The van der Waals surface area contributed by atoms with E-state index in [1.807, 2.05) is 6.07 Å². The van der Waals surface area contributed by atoms with Gasteiger partial charge in [-0.15, -0.1) is 0 Å². The number of nitrogens with one attached hydrogen (secondary N) is 1. The third-order valence-electron chi connectivity index (χ3n) is 5.15. The molecule has 0 saturated heterocycles. The summed E-state index contributed by atoms with van der Waals surface area (Å²) in [5.74, 6) is -0.461. The quantitative estimate of drug-likeness (QED) is 0.390. The molecule has 0 fully saturated rings. The summed E-state index contributed by atoms with van der Waals surface area (Å²) in [6, 6.07) is 13.4. The third kappa shape index (κ3) is 4.49. The van der Waals surface area contributed by atoms with Crippen LogP contribution in [0.1, 0.15) is 20.7 Å². The molecule has 34 heavy (non-hydrogen) atoms. The van der Waals surface area contributed by atoms with Gasteiger partial charge in [0, 0.05) is 40.5 Å². The minimum atomic E-state index is -0.644. The lowest BCUT2D eigenvalue weighted by atomic mass is 10.0. The lowest BCUT2D eigenvalue weighted by molar-refractivity contribution is 0.0601. The Morgan fingerprint density at radius 3 is 2.38 bits per heavy atom. The van der Waals surface area contributed by atoms with Crippen molar-refractivity contribution in [3.63, 3.8) is 0 Å². The Balaban J connectivity index is 1.85. The number of halogens is 1. The van der Waals surface area contributed by atoms with Gasteiger partial charge in [-0.25, -0.2) is 9.78 Å². The van der Waals surface area contributed by atoms with E-state index in [4.69, 9.17) is 25.8 Å². The molecule has 9 heteroatoms. The van der Waals surface area contributed by atoms with Gasteiger partial charge in [0.1, 0.15) is 0 Å². The summed E-state index contributed by atoms with van der Waals surface area (Å²) >= 11 is 6.21. The number of esters is 1. The maximum Gasteiger partial charge on any atom is 0.340 e. The van der Waals surface area contributed by atoms with Crippen molar-refractivity contribution in [3.8, 4) is 22.8 Å². The number of hydrogen-bond acceptors (Lipinski definition) is 7. The summed E-state index contributed by atoms with van der Waals surface area (Å²) in [6.45, 7) is 0. The van der Waals surface area contributed by atoms with E-state index in [1.54, 1.807) is 42.7 Å². The van der Waals surface area contributed by atoms with Crippen LogP contribution in [0.5, 0.6) is 11.5 Å². The summed E-state index contributed by atoms with van der Waals surface area (Å²) in [5.41, 5.74) is 2.51. The highest BCUT2D eigenvalue weighted by atomic mass is 35.5. The molecule has 172 valence electrons. The maximum absolute atomic E-state index is 13.5. The molecular weight excluding hydrogens is 458 g/mol. The van der Waals surface area contributed by atoms with Gasteiger partial charge in [-0.2, -0.15) is 0 Å². The third-order valence-corrected chi connectivity index (χ3v) is 5.38. The Morgan fingerprint density at radius 1 is 0.941 bits per heavy atom. The molecular formula is C25H20ClN3O5. The predicted octanol–water partition coefficient (Wildman–Crippen LogP) is 5.01. The van der Waals surface area contributed by atoms with Crippen LogP contribution >= 0.6 is 11.6 Å². The van der Waals surface area contributed by atoms with Gasteiger partial charge >= 0.3 is 5.97 Å². The van der Waals surface area contributed by atoms with Crippen LogP contribution in [0.4, 0.5) is 5.69 Å². The molecule has 1 amide bonds. The van der Waals surface area contributed by atoms with Crippen molar-refractivity contribution in [1.29, 1.82) is 0 Å². The summed E-state index contributed by atoms with van der Waals surface area (Å²) < 4.78 is 15.5. The zero-order valence-corrected chi connectivity index (χ0v) is 19.3. The number of carbonyl (C=O) groups excluding carboxylic acids is 2. The number of anilines is 1. The highest BCUT2D eigenvalue weighted by Crippen LogP contribution is 2.35. The molecule has 2 aromatic carbocycles. The molecule has 0 spiro atoms. The standard InChI is InChI=1S/C25H20ClN3O5/c1-32-22-11-18(25(31)34-3)21(12-23(22)33-2)29-24(30)17-10-20(14-5-4-8-27-13-14)28-19-7-6-15(26)9-16(17)19/h4-13H,1-3H3,(H,29,30). The van der Waals surface area contributed by atoms with Crippen molar-refractivity contribution in [2.75, 3.05) is 26.6 Å². The first-order valence-corrected chi connectivity index (χ1v) is 10.5. The smallest absolute Gasteiger partial charge is 0.340 e. The Hall–Kier alpha value is -4.17. The van der Waals surface area contributed by atoms with Crippen LogP contribution in [0.2, 0.25) is 5.02 Å². The van der Waals surface area contributed by atoms with Crippen LogP contribution in [0.3, 0.4) is 0 Å². The molecule has 0 atom stereocenters. The van der Waals surface area contributed by atoms with Crippen LogP contribution in [-0.2, 0) is 4.74 Å². The van der Waals surface area contributed by atoms with Crippen LogP contribution in [0, 0.1) is 0 Å². The Labute approximate surface area is 200 Å². The number of amides is 1. The number of pyridine rings is 2. The molecule has 0 aliphatic rings. The van der Waals surface area contributed by atoms with Crippen LogP contribution < -0.4 is 14.8 Å². The molecule has 2 heterocycles. The molecule has 0 bridgehead atoms. The van der Waals surface area contributed by atoms with Crippen LogP contribution in [-0.4, -0.2) is 43.2 Å². The zero-order valence-electron chi connectivity index (χ0n) is 18.6. The zero-order chi connectivity index (χ0) is 24.2. The van der Waals surface area contributed by atoms with E-state index in [-0.39, 0.29) is 11.3 Å². The second-order valence-electron chi connectivity index (χ2n) is 7.16. The molecule has 0 saturated carbocycles. The largest absolute Gasteiger partial charge is 0.493 e. The fourth-order valence-corrected chi connectivity index (χ4v) is 3.67. The Bertz CT molecular complexity index is 1390. The minimum absolute atomic E-state index is 0.109. The maximum atomic E-state index is 13.5. The molecule has 0 radical (unpaired) electrons. The number of rotatable bonds is 6. The first kappa shape index (κ1) is 23.0. The molecule has 8 nitrogen and oxygen atoms in total. The summed E-state index contributed by atoms with van der Waals surface area (Å²) in [5, 5.41) is 3.81. The van der Waals surface area contributed by atoms with Gasteiger partial charge in [0.05, 0.1) is 49.4 Å². The highest BCUT2D eigenvalue weighted by Gasteiger charge is 2.21. The molecule has 4 aromatic rings. The van der Waals surface area contributed by atoms with Crippen molar-refractivity contribution in [3.05, 3.63) is 77.1 Å². The minimum Gasteiger partial charge on any atom is -0.493 e. The molecule has 2 aromatic heterocycles. The second-order valence-corrected chi connectivity index (χ2v) is 7.59. The van der Waals surface area contributed by atoms with Gasteiger partial charge < -0.3 is 19.5 Å². The number of carbonyl (C=O) groups is 2. The van der Waals surface area contributed by atoms with Gasteiger partial charge in [-0.05, 0) is 36.4 Å². The highest BCUT2D eigenvalue weighted by molar-refractivity contribution is 6.31. The number of aromatic nitrogens is 2. The number of hydrogen-bond donors (Lipinski definition) is 1. The molecule has 0 aliphatic heterocycles. The monoisotopic (exact) mass is 477 g/mol. The average molecular weight is 478 g/mol. The van der Waals surface area contributed by atoms with Gasteiger partial charge in [0.25, 0.3) is 5.91 Å². The van der Waals surface area contributed by atoms with Gasteiger partial charge in [0.2, 0.25) is 0 Å². The van der Waals surface area contributed by atoms with Crippen molar-refractivity contribution in [2.45, 2.75) is 0 Å². The topological polar surface area (TPSA) is 99.6 Å². The van der Waals surface area contributed by atoms with E-state index in [2.05, 4.69) is 15.3 Å². The fourth-order valence-electron chi connectivity index (χ4n) is 3.50. The lowest BCUT2D eigenvalue weighted by Crippen LogP contribution is -2.16. The number of nitrogens with zero attached hydrogens (tertiary/aromatic N) is 2. The van der Waals surface area contributed by atoms with Crippen molar-refractivity contribution in [2.24, 2.45) is 0 Å². The molecule has 0 aliphatic carbocycles. The van der Waals surface area contributed by atoms with E-state index < -0.39 is 11.9 Å². The number of methoxy groups -OCH3 is 3. The number of ether oxygens (including phenoxy) is 3. The summed E-state index contributed by atoms with van der Waals surface area (Å²) in [7, 11) is 4.16. The van der Waals surface area contributed by atoms with Crippen molar-refractivity contribution >= 4 is 40.1 Å². The molecule has 4 rings (SSSR count). The summed E-state index contributed by atoms with van der Waals surface area (Å²) in [4.78, 5) is 34.7. The van der Waals surface area contributed by atoms with E-state index in [0.717, 1.165) is 5.56 Å². The first-order valence-electron chi connectivity index (χ1n) is 10.1. The normalized spacial score (nSPS) is 10.6. The number of benzene rings is 2. The molecule has 0 unspecified atom stereocenters. The van der Waals surface area contributed by atoms with Gasteiger partial charge in [-0.3, -0.25) is 9.78 Å². The van der Waals surface area contributed by atoms with Crippen molar-refractivity contribution in [1.82, 2.24) is 9.97 Å². The Kier molecular flexibility index (Phi) is 6.60. The lowest BCUT2D eigenvalue weighted by Gasteiger charge is -2.16.